The number of carbonyl (C=O) groups excluding carboxylic acids is 1. The monoisotopic (exact) mass is 446 g/mol. The molecule has 0 bridgehead atoms. The Labute approximate surface area is 184 Å². The molecule has 0 aliphatic heterocycles. The van der Waals surface area contributed by atoms with Gasteiger partial charge in [0.1, 0.15) is 0 Å². The molecule has 0 aliphatic rings. The van der Waals surface area contributed by atoms with E-state index >= 15 is 0 Å². The van der Waals surface area contributed by atoms with Gasteiger partial charge in [0.05, 0.1) is 30.5 Å². The van der Waals surface area contributed by atoms with E-state index in [1.165, 1.54) is 16.2 Å². The highest BCUT2D eigenvalue weighted by molar-refractivity contribution is 7.99. The van der Waals surface area contributed by atoms with Crippen LogP contribution in [0.15, 0.2) is 41.3 Å². The molecule has 3 aromatic rings. The van der Waals surface area contributed by atoms with Crippen molar-refractivity contribution in [1.82, 2.24) is 4.98 Å². The van der Waals surface area contributed by atoms with Crippen LogP contribution in [0.4, 0.5) is 5.13 Å². The SMILES string of the molecule is CCSc1ccc(C(OC(C)C)C(=O)Nc2nc3cc(OC)c(OC)cc3s2)cc1. The molecule has 0 aliphatic carbocycles. The molecule has 1 atom stereocenters. The summed E-state index contributed by atoms with van der Waals surface area (Å²) in [6, 6.07) is 11.6. The highest BCUT2D eigenvalue weighted by Gasteiger charge is 2.24. The predicted molar refractivity (Wildman–Crippen MR) is 123 cm³/mol. The molecule has 1 amide bonds. The molecular formula is C22H26N2O4S2. The number of nitrogens with one attached hydrogen (secondary N) is 1. The van der Waals surface area contributed by atoms with E-state index in [0.29, 0.717) is 16.6 Å². The predicted octanol–water partition coefficient (Wildman–Crippen LogP) is 5.53. The van der Waals surface area contributed by atoms with Gasteiger partial charge in [-0.15, -0.1) is 11.8 Å². The van der Waals surface area contributed by atoms with E-state index in [0.717, 1.165) is 21.5 Å². The topological polar surface area (TPSA) is 69.7 Å². The van der Waals surface area contributed by atoms with Crippen LogP contribution in [0.1, 0.15) is 32.4 Å². The Bertz CT molecular complexity index is 961. The fourth-order valence-electron chi connectivity index (χ4n) is 2.95. The maximum absolute atomic E-state index is 13.1. The van der Waals surface area contributed by atoms with Crippen LogP contribution in [0, 0.1) is 0 Å². The fraction of sp³-hybridized carbons (Fsp3) is 0.364. The zero-order valence-electron chi connectivity index (χ0n) is 17.7. The number of aromatic nitrogens is 1. The van der Waals surface area contributed by atoms with Crippen LogP contribution in [0.2, 0.25) is 0 Å². The average molecular weight is 447 g/mol. The maximum Gasteiger partial charge on any atom is 0.259 e. The summed E-state index contributed by atoms with van der Waals surface area (Å²) in [4.78, 5) is 18.7. The van der Waals surface area contributed by atoms with E-state index in [9.17, 15) is 4.79 Å². The smallest absolute Gasteiger partial charge is 0.259 e. The van der Waals surface area contributed by atoms with Crippen LogP contribution in [-0.4, -0.2) is 37.0 Å². The van der Waals surface area contributed by atoms with Crippen molar-refractivity contribution in [2.24, 2.45) is 0 Å². The summed E-state index contributed by atoms with van der Waals surface area (Å²) in [6.07, 6.45) is -0.823. The van der Waals surface area contributed by atoms with Gasteiger partial charge in [-0.25, -0.2) is 4.98 Å². The number of amides is 1. The lowest BCUT2D eigenvalue weighted by molar-refractivity contribution is -0.130. The van der Waals surface area contributed by atoms with E-state index in [1.807, 2.05) is 44.2 Å². The lowest BCUT2D eigenvalue weighted by atomic mass is 10.1. The Morgan fingerprint density at radius 2 is 1.80 bits per heavy atom. The third-order valence-electron chi connectivity index (χ3n) is 4.26. The van der Waals surface area contributed by atoms with E-state index < -0.39 is 6.10 Å². The molecule has 1 unspecified atom stereocenters. The average Bonchev–Trinajstić information content (AvgIpc) is 3.12. The minimum absolute atomic E-state index is 0.102. The molecule has 0 spiro atoms. The third-order valence-corrected chi connectivity index (χ3v) is 6.09. The Hall–Kier alpha value is -2.29. The first kappa shape index (κ1) is 22.4. The summed E-state index contributed by atoms with van der Waals surface area (Å²) in [7, 11) is 3.17. The van der Waals surface area contributed by atoms with Crippen molar-refractivity contribution in [3.8, 4) is 11.5 Å². The van der Waals surface area contributed by atoms with E-state index in [-0.39, 0.29) is 12.0 Å². The highest BCUT2D eigenvalue weighted by Crippen LogP contribution is 2.36. The van der Waals surface area contributed by atoms with Crippen molar-refractivity contribution in [3.63, 3.8) is 0 Å². The fourth-order valence-corrected chi connectivity index (χ4v) is 4.49. The van der Waals surface area contributed by atoms with Gasteiger partial charge in [-0.05, 0) is 37.3 Å². The normalized spacial score (nSPS) is 12.2. The summed E-state index contributed by atoms with van der Waals surface area (Å²) in [5.41, 5.74) is 1.54. The molecule has 0 fully saturated rings. The molecule has 1 N–H and O–H groups in total. The number of rotatable bonds is 9. The highest BCUT2D eigenvalue weighted by atomic mass is 32.2. The number of anilines is 1. The zero-order chi connectivity index (χ0) is 21.7. The molecule has 8 heteroatoms. The molecule has 160 valence electrons. The number of thiazole rings is 1. The van der Waals surface area contributed by atoms with Crippen LogP contribution in [0.5, 0.6) is 11.5 Å². The van der Waals surface area contributed by atoms with Crippen molar-refractivity contribution >= 4 is 44.4 Å². The van der Waals surface area contributed by atoms with Gasteiger partial charge in [0.15, 0.2) is 22.7 Å². The minimum Gasteiger partial charge on any atom is -0.493 e. The van der Waals surface area contributed by atoms with Crippen LogP contribution < -0.4 is 14.8 Å². The van der Waals surface area contributed by atoms with Crippen molar-refractivity contribution in [3.05, 3.63) is 42.0 Å². The molecule has 30 heavy (non-hydrogen) atoms. The quantitative estimate of drug-likeness (QED) is 0.436. The van der Waals surface area contributed by atoms with Gasteiger partial charge in [-0.3, -0.25) is 10.1 Å². The second-order valence-electron chi connectivity index (χ2n) is 6.75. The number of carbonyl (C=O) groups is 1. The molecule has 3 rings (SSSR count). The number of fused-ring (bicyclic) bond motifs is 1. The molecule has 2 aromatic carbocycles. The van der Waals surface area contributed by atoms with Crippen LogP contribution in [0.3, 0.4) is 0 Å². The van der Waals surface area contributed by atoms with Gasteiger partial charge in [0.2, 0.25) is 0 Å². The third kappa shape index (κ3) is 5.24. The number of thioether (sulfide) groups is 1. The second-order valence-corrected chi connectivity index (χ2v) is 9.12. The van der Waals surface area contributed by atoms with Gasteiger partial charge in [0.25, 0.3) is 5.91 Å². The van der Waals surface area contributed by atoms with Gasteiger partial charge < -0.3 is 14.2 Å². The van der Waals surface area contributed by atoms with Crippen molar-refractivity contribution in [2.45, 2.75) is 37.9 Å². The van der Waals surface area contributed by atoms with Gasteiger partial charge in [0, 0.05) is 17.0 Å². The van der Waals surface area contributed by atoms with Crippen molar-refractivity contribution < 1.29 is 19.0 Å². The van der Waals surface area contributed by atoms with E-state index in [4.69, 9.17) is 14.2 Å². The molecule has 1 aromatic heterocycles. The Morgan fingerprint density at radius 3 is 2.40 bits per heavy atom. The molecule has 6 nitrogen and oxygen atoms in total. The van der Waals surface area contributed by atoms with Crippen LogP contribution in [0.25, 0.3) is 10.2 Å². The standard InChI is InChI=1S/C22H26N2O4S2/c1-6-29-15-9-7-14(8-10-15)20(28-13(2)3)21(25)24-22-23-16-11-17(26-4)18(27-5)12-19(16)30-22/h7-13,20H,6H2,1-5H3,(H,23,24,25). The summed E-state index contributed by atoms with van der Waals surface area (Å²) >= 11 is 3.14. The Morgan fingerprint density at radius 1 is 1.13 bits per heavy atom. The summed E-state index contributed by atoms with van der Waals surface area (Å²) < 4.78 is 17.5. The summed E-state index contributed by atoms with van der Waals surface area (Å²) in [5, 5.41) is 3.41. The van der Waals surface area contributed by atoms with Crippen molar-refractivity contribution in [1.29, 1.82) is 0 Å². The molecule has 0 saturated heterocycles. The van der Waals surface area contributed by atoms with Gasteiger partial charge in [-0.2, -0.15) is 0 Å². The van der Waals surface area contributed by atoms with Gasteiger partial charge >= 0.3 is 0 Å². The number of hydrogen-bond donors (Lipinski definition) is 1. The number of nitrogens with zero attached hydrogens (tertiary/aromatic N) is 1. The van der Waals surface area contributed by atoms with Crippen LogP contribution >= 0.6 is 23.1 Å². The van der Waals surface area contributed by atoms with Crippen LogP contribution in [-0.2, 0) is 9.53 Å². The molecule has 0 radical (unpaired) electrons. The number of benzene rings is 2. The molecule has 1 heterocycles. The maximum atomic E-state index is 13.1. The van der Waals surface area contributed by atoms with Gasteiger partial charge in [-0.1, -0.05) is 30.4 Å². The van der Waals surface area contributed by atoms with E-state index in [1.54, 1.807) is 32.0 Å². The summed E-state index contributed by atoms with van der Waals surface area (Å²) in [6.45, 7) is 5.94. The second kappa shape index (κ2) is 10.1. The first-order valence-corrected chi connectivity index (χ1v) is 11.5. The van der Waals surface area contributed by atoms with E-state index in [2.05, 4.69) is 17.2 Å². The zero-order valence-corrected chi connectivity index (χ0v) is 19.4. The molecular weight excluding hydrogens is 420 g/mol. The van der Waals surface area contributed by atoms with Crippen molar-refractivity contribution in [2.75, 3.05) is 25.3 Å². The Kier molecular flexibility index (Phi) is 7.58. The molecule has 0 saturated carbocycles. The number of hydrogen-bond acceptors (Lipinski definition) is 7. The lowest BCUT2D eigenvalue weighted by Gasteiger charge is -2.20. The summed E-state index contributed by atoms with van der Waals surface area (Å²) in [5.74, 6) is 1.97. The first-order valence-electron chi connectivity index (χ1n) is 9.66. The first-order chi connectivity index (χ1) is 14.4. The Balaban J connectivity index is 1.84. The largest absolute Gasteiger partial charge is 0.493 e. The lowest BCUT2D eigenvalue weighted by Crippen LogP contribution is -2.25. The number of ether oxygens (including phenoxy) is 3. The number of methoxy groups -OCH3 is 2. The minimum atomic E-state index is -0.721.